The number of carbonyl (C=O) groups excluding carboxylic acids is 1. The van der Waals surface area contributed by atoms with E-state index in [2.05, 4.69) is 10.5 Å². The number of halogens is 1. The second kappa shape index (κ2) is 7.97. The number of aliphatic carboxylic acids is 1. The van der Waals surface area contributed by atoms with Crippen LogP contribution in [0.25, 0.3) is 11.3 Å². The van der Waals surface area contributed by atoms with Gasteiger partial charge in [-0.25, -0.2) is 4.79 Å². The minimum absolute atomic E-state index is 0.200. The van der Waals surface area contributed by atoms with Crippen molar-refractivity contribution >= 4 is 23.5 Å². The van der Waals surface area contributed by atoms with E-state index in [1.165, 1.54) is 0 Å². The van der Waals surface area contributed by atoms with E-state index in [1.54, 1.807) is 31.2 Å². The van der Waals surface area contributed by atoms with Crippen molar-refractivity contribution in [1.29, 1.82) is 0 Å². The molecule has 0 aliphatic rings. The van der Waals surface area contributed by atoms with Crippen LogP contribution in [0.2, 0.25) is 5.02 Å². The highest BCUT2D eigenvalue weighted by Gasteiger charge is 2.27. The number of hydrogen-bond donors (Lipinski definition) is 2. The van der Waals surface area contributed by atoms with Gasteiger partial charge in [-0.15, -0.1) is 0 Å². The zero-order valence-electron chi connectivity index (χ0n) is 13.5. The molecule has 0 saturated carbocycles. The lowest BCUT2D eigenvalue weighted by Crippen LogP contribution is -2.41. The number of carbonyl (C=O) groups is 2. The maximum atomic E-state index is 12.6. The molecule has 0 aliphatic carbocycles. The number of aromatic nitrogens is 1. The summed E-state index contributed by atoms with van der Waals surface area (Å²) < 4.78 is 5.13. The van der Waals surface area contributed by atoms with E-state index in [1.807, 2.05) is 6.92 Å². The van der Waals surface area contributed by atoms with E-state index < -0.39 is 17.9 Å². The molecule has 128 valence electrons. The molecule has 0 bridgehead atoms. The minimum atomic E-state index is -1.06. The van der Waals surface area contributed by atoms with Crippen LogP contribution in [-0.4, -0.2) is 28.2 Å². The molecular weight excluding hydrogens is 332 g/mol. The van der Waals surface area contributed by atoms with Crippen molar-refractivity contribution in [3.8, 4) is 11.3 Å². The van der Waals surface area contributed by atoms with Crippen LogP contribution in [0.15, 0.2) is 28.8 Å². The summed E-state index contributed by atoms with van der Waals surface area (Å²) in [6, 6.07) is 6.00. The van der Waals surface area contributed by atoms with Crippen LogP contribution in [-0.2, 0) is 4.79 Å². The van der Waals surface area contributed by atoms with E-state index in [4.69, 9.17) is 16.1 Å². The molecule has 0 radical (unpaired) electrons. The normalized spacial score (nSPS) is 12.0. The SMILES string of the molecule is CCCCC(NC(=O)c1c(-c2ccccc2Cl)noc1C)C(=O)O. The zero-order chi connectivity index (χ0) is 17.7. The second-order valence-electron chi connectivity index (χ2n) is 5.45. The third-order valence-electron chi connectivity index (χ3n) is 3.67. The van der Waals surface area contributed by atoms with Crippen molar-refractivity contribution < 1.29 is 19.2 Å². The number of unbranched alkanes of at least 4 members (excludes halogenated alkanes) is 1. The molecule has 1 unspecified atom stereocenters. The van der Waals surface area contributed by atoms with Crippen molar-refractivity contribution in [2.75, 3.05) is 0 Å². The third kappa shape index (κ3) is 3.94. The smallest absolute Gasteiger partial charge is 0.326 e. The third-order valence-corrected chi connectivity index (χ3v) is 4.00. The van der Waals surface area contributed by atoms with Gasteiger partial charge in [-0.2, -0.15) is 0 Å². The number of hydrogen-bond acceptors (Lipinski definition) is 4. The van der Waals surface area contributed by atoms with Crippen molar-refractivity contribution in [3.05, 3.63) is 40.6 Å². The van der Waals surface area contributed by atoms with Gasteiger partial charge >= 0.3 is 5.97 Å². The summed E-state index contributed by atoms with van der Waals surface area (Å²) >= 11 is 6.16. The van der Waals surface area contributed by atoms with Gasteiger partial charge in [0.1, 0.15) is 23.1 Å². The highest BCUT2D eigenvalue weighted by Crippen LogP contribution is 2.31. The molecule has 0 aliphatic heterocycles. The molecule has 0 spiro atoms. The van der Waals surface area contributed by atoms with Gasteiger partial charge in [0.25, 0.3) is 5.91 Å². The van der Waals surface area contributed by atoms with Crippen LogP contribution < -0.4 is 5.32 Å². The Morgan fingerprint density at radius 1 is 1.38 bits per heavy atom. The quantitative estimate of drug-likeness (QED) is 0.794. The molecule has 0 saturated heterocycles. The van der Waals surface area contributed by atoms with Gasteiger partial charge in [-0.05, 0) is 19.4 Å². The van der Waals surface area contributed by atoms with Crippen LogP contribution in [0.5, 0.6) is 0 Å². The number of benzene rings is 1. The number of amides is 1. The molecule has 1 amide bonds. The molecule has 6 nitrogen and oxygen atoms in total. The molecule has 1 aromatic carbocycles. The van der Waals surface area contributed by atoms with E-state index in [-0.39, 0.29) is 5.56 Å². The van der Waals surface area contributed by atoms with Crippen LogP contribution in [0.1, 0.15) is 42.3 Å². The number of carboxylic acids is 1. The van der Waals surface area contributed by atoms with Crippen molar-refractivity contribution in [2.45, 2.75) is 39.2 Å². The van der Waals surface area contributed by atoms with Crippen LogP contribution in [0.3, 0.4) is 0 Å². The average molecular weight is 351 g/mol. The largest absolute Gasteiger partial charge is 0.480 e. The van der Waals surface area contributed by atoms with Crippen LogP contribution in [0.4, 0.5) is 0 Å². The first-order valence-corrected chi connectivity index (χ1v) is 8.08. The summed E-state index contributed by atoms with van der Waals surface area (Å²) in [5.74, 6) is -1.29. The first kappa shape index (κ1) is 18.0. The molecular formula is C17H19ClN2O4. The summed E-state index contributed by atoms with van der Waals surface area (Å²) in [6.07, 6.45) is 1.91. The molecule has 1 aromatic heterocycles. The monoisotopic (exact) mass is 350 g/mol. The van der Waals surface area contributed by atoms with E-state index in [0.29, 0.717) is 34.9 Å². The van der Waals surface area contributed by atoms with Gasteiger partial charge in [0.05, 0.1) is 5.02 Å². The molecule has 7 heteroatoms. The van der Waals surface area contributed by atoms with Gasteiger partial charge in [0.2, 0.25) is 0 Å². The number of nitrogens with one attached hydrogen (secondary N) is 1. The Labute approximate surface area is 144 Å². The van der Waals surface area contributed by atoms with Gasteiger partial charge in [0, 0.05) is 5.56 Å². The summed E-state index contributed by atoms with van der Waals surface area (Å²) in [6.45, 7) is 3.56. The van der Waals surface area contributed by atoms with Crippen molar-refractivity contribution in [1.82, 2.24) is 10.5 Å². The predicted octanol–water partition coefficient (Wildman–Crippen LogP) is 3.68. The maximum Gasteiger partial charge on any atom is 0.326 e. The van der Waals surface area contributed by atoms with Gasteiger partial charge < -0.3 is 14.9 Å². The first-order chi connectivity index (χ1) is 11.5. The Balaban J connectivity index is 2.32. The van der Waals surface area contributed by atoms with Crippen LogP contribution in [0, 0.1) is 6.92 Å². The Bertz CT molecular complexity index is 742. The van der Waals surface area contributed by atoms with Gasteiger partial charge in [0.15, 0.2) is 0 Å². The van der Waals surface area contributed by atoms with Crippen molar-refractivity contribution in [2.24, 2.45) is 0 Å². The summed E-state index contributed by atoms with van der Waals surface area (Å²) in [4.78, 5) is 23.9. The first-order valence-electron chi connectivity index (χ1n) is 7.70. The highest BCUT2D eigenvalue weighted by molar-refractivity contribution is 6.33. The van der Waals surface area contributed by atoms with Gasteiger partial charge in [-0.1, -0.05) is 54.7 Å². The molecule has 0 fully saturated rings. The zero-order valence-corrected chi connectivity index (χ0v) is 14.3. The summed E-state index contributed by atoms with van der Waals surface area (Å²) in [7, 11) is 0. The highest BCUT2D eigenvalue weighted by atomic mass is 35.5. The average Bonchev–Trinajstić information content (AvgIpc) is 2.93. The second-order valence-corrected chi connectivity index (χ2v) is 5.86. The standard InChI is InChI=1S/C17H19ClN2O4/c1-3-4-9-13(17(22)23)19-16(21)14-10(2)24-20-15(14)11-7-5-6-8-12(11)18/h5-8,13H,3-4,9H2,1-2H3,(H,19,21)(H,22,23). The lowest BCUT2D eigenvalue weighted by atomic mass is 10.0. The Hall–Kier alpha value is -2.34. The molecule has 2 N–H and O–H groups in total. The lowest BCUT2D eigenvalue weighted by Gasteiger charge is -2.14. The van der Waals surface area contributed by atoms with E-state index in [0.717, 1.165) is 6.42 Å². The molecule has 2 aromatic rings. The van der Waals surface area contributed by atoms with Crippen molar-refractivity contribution in [3.63, 3.8) is 0 Å². The predicted molar refractivity (Wildman–Crippen MR) is 90.1 cm³/mol. The molecule has 1 atom stereocenters. The number of nitrogens with zero attached hydrogens (tertiary/aromatic N) is 1. The van der Waals surface area contributed by atoms with E-state index >= 15 is 0 Å². The fraction of sp³-hybridized carbons (Fsp3) is 0.353. The topological polar surface area (TPSA) is 92.4 Å². The summed E-state index contributed by atoms with van der Waals surface area (Å²) in [5.41, 5.74) is 1.06. The lowest BCUT2D eigenvalue weighted by molar-refractivity contribution is -0.139. The Kier molecular flexibility index (Phi) is 5.98. The molecule has 2 rings (SSSR count). The summed E-state index contributed by atoms with van der Waals surface area (Å²) in [5, 5.41) is 16.2. The Morgan fingerprint density at radius 3 is 2.71 bits per heavy atom. The maximum absolute atomic E-state index is 12.6. The van der Waals surface area contributed by atoms with E-state index in [9.17, 15) is 14.7 Å². The molecule has 1 heterocycles. The van der Waals surface area contributed by atoms with Gasteiger partial charge in [-0.3, -0.25) is 4.79 Å². The molecule has 24 heavy (non-hydrogen) atoms. The Morgan fingerprint density at radius 2 is 2.08 bits per heavy atom. The number of carboxylic acid groups (broad SMARTS) is 1. The fourth-order valence-electron chi connectivity index (χ4n) is 2.37. The number of aryl methyl sites for hydroxylation is 1. The van der Waals surface area contributed by atoms with Crippen LogP contribution >= 0.6 is 11.6 Å². The minimum Gasteiger partial charge on any atom is -0.480 e. The fourth-order valence-corrected chi connectivity index (χ4v) is 2.60. The number of rotatable bonds is 7.